The van der Waals surface area contributed by atoms with Crippen LogP contribution in [0.1, 0.15) is 34.3 Å². The van der Waals surface area contributed by atoms with Crippen LogP contribution in [0.25, 0.3) is 0 Å². The topological polar surface area (TPSA) is 92.0 Å². The van der Waals surface area contributed by atoms with Crippen molar-refractivity contribution in [2.24, 2.45) is 0 Å². The minimum Gasteiger partial charge on any atom is -0.470 e. The summed E-state index contributed by atoms with van der Waals surface area (Å²) in [4.78, 5) is 18.8. The van der Waals surface area contributed by atoms with Crippen molar-refractivity contribution in [2.45, 2.75) is 25.9 Å². The van der Waals surface area contributed by atoms with Gasteiger partial charge in [0.2, 0.25) is 5.88 Å². The van der Waals surface area contributed by atoms with Gasteiger partial charge in [0.05, 0.1) is 18.8 Å². The molecule has 0 atom stereocenters. The minimum atomic E-state index is -0.142. The van der Waals surface area contributed by atoms with Crippen LogP contribution in [0.5, 0.6) is 5.88 Å². The number of hydrogen-bond donors (Lipinski definition) is 0. The lowest BCUT2D eigenvalue weighted by Crippen LogP contribution is -2.56. The van der Waals surface area contributed by atoms with Crippen LogP contribution in [-0.4, -0.2) is 44.6 Å². The molecular weight excluding hydrogens is 314 g/mol. The molecule has 1 saturated heterocycles. The average molecular weight is 329 g/mol. The third-order valence-corrected chi connectivity index (χ3v) is 4.30. The highest BCUT2D eigenvalue weighted by atomic mass is 32.1. The number of ether oxygens (including phenoxy) is 1. The van der Waals surface area contributed by atoms with E-state index in [1.54, 1.807) is 23.2 Å². The molecule has 1 amide bonds. The maximum absolute atomic E-state index is 12.4. The minimum absolute atomic E-state index is 0.0511. The van der Waals surface area contributed by atoms with E-state index in [4.69, 9.17) is 10.00 Å². The van der Waals surface area contributed by atoms with Crippen LogP contribution < -0.4 is 4.74 Å². The molecule has 118 valence electrons. The van der Waals surface area contributed by atoms with Crippen LogP contribution in [0.15, 0.2) is 18.3 Å². The normalized spacial score (nSPS) is 14.2. The van der Waals surface area contributed by atoms with E-state index in [0.717, 1.165) is 30.1 Å². The van der Waals surface area contributed by atoms with Gasteiger partial charge in [-0.1, -0.05) is 17.8 Å². The van der Waals surface area contributed by atoms with E-state index in [1.807, 2.05) is 13.0 Å². The Morgan fingerprint density at radius 1 is 1.57 bits per heavy atom. The molecule has 1 aliphatic heterocycles. The van der Waals surface area contributed by atoms with Gasteiger partial charge in [-0.15, -0.1) is 5.10 Å². The second-order valence-corrected chi connectivity index (χ2v) is 5.97. The second kappa shape index (κ2) is 6.71. The molecule has 0 N–H and O–H groups in total. The van der Waals surface area contributed by atoms with Gasteiger partial charge in [-0.3, -0.25) is 4.79 Å². The molecule has 0 spiro atoms. The Morgan fingerprint density at radius 3 is 3.13 bits per heavy atom. The van der Waals surface area contributed by atoms with Crippen LogP contribution >= 0.6 is 11.5 Å². The molecule has 0 aromatic carbocycles. The van der Waals surface area contributed by atoms with Gasteiger partial charge < -0.3 is 9.64 Å². The van der Waals surface area contributed by atoms with Crippen molar-refractivity contribution in [3.8, 4) is 11.9 Å². The van der Waals surface area contributed by atoms with Gasteiger partial charge in [0, 0.05) is 6.20 Å². The Bertz CT molecular complexity index is 748. The summed E-state index contributed by atoms with van der Waals surface area (Å²) in [6.45, 7) is 2.99. The Hall–Kier alpha value is -2.53. The first-order chi connectivity index (χ1) is 11.2. The van der Waals surface area contributed by atoms with Gasteiger partial charge in [-0.25, -0.2) is 4.98 Å². The summed E-state index contributed by atoms with van der Waals surface area (Å²) in [5.74, 6) is 0.267. The summed E-state index contributed by atoms with van der Waals surface area (Å²) in [6, 6.07) is 5.39. The van der Waals surface area contributed by atoms with Gasteiger partial charge in [0.1, 0.15) is 22.6 Å². The molecule has 8 heteroatoms. The molecule has 0 bridgehead atoms. The van der Waals surface area contributed by atoms with Crippen molar-refractivity contribution >= 4 is 17.4 Å². The summed E-state index contributed by atoms with van der Waals surface area (Å²) in [6.07, 6.45) is 3.12. The quantitative estimate of drug-likeness (QED) is 0.828. The number of carbonyl (C=O) groups excluding carboxylic acids is 1. The summed E-state index contributed by atoms with van der Waals surface area (Å²) >= 11 is 1.14. The molecule has 0 radical (unpaired) electrons. The molecule has 1 aliphatic rings. The molecule has 23 heavy (non-hydrogen) atoms. The van der Waals surface area contributed by atoms with Crippen molar-refractivity contribution in [2.75, 3.05) is 13.1 Å². The van der Waals surface area contributed by atoms with Gasteiger partial charge in [-0.05, 0) is 30.1 Å². The first-order valence-electron chi connectivity index (χ1n) is 7.35. The Labute approximate surface area is 137 Å². The van der Waals surface area contributed by atoms with E-state index in [9.17, 15) is 4.79 Å². The zero-order valence-electron chi connectivity index (χ0n) is 12.6. The average Bonchev–Trinajstić information content (AvgIpc) is 2.99. The standard InChI is InChI=1S/C15H15N5O2S/c1-2-4-12-13(23-19-18-12)15(21)20-8-11(9-20)22-14-10(7-16)5-3-6-17-14/h3,5-6,11H,2,4,8-9H2,1H3. The Kier molecular flexibility index (Phi) is 4.48. The highest BCUT2D eigenvalue weighted by Crippen LogP contribution is 2.23. The number of likely N-dealkylation sites (tertiary alicyclic amines) is 1. The van der Waals surface area contributed by atoms with E-state index in [0.29, 0.717) is 29.4 Å². The number of carbonyl (C=O) groups is 1. The summed E-state index contributed by atoms with van der Waals surface area (Å²) in [7, 11) is 0. The molecule has 0 saturated carbocycles. The molecule has 3 rings (SSSR count). The van der Waals surface area contributed by atoms with Crippen molar-refractivity contribution < 1.29 is 9.53 Å². The number of rotatable bonds is 5. The third kappa shape index (κ3) is 3.14. The van der Waals surface area contributed by atoms with E-state index >= 15 is 0 Å². The lowest BCUT2D eigenvalue weighted by atomic mass is 10.1. The summed E-state index contributed by atoms with van der Waals surface area (Å²) < 4.78 is 9.57. The van der Waals surface area contributed by atoms with Crippen molar-refractivity contribution in [3.63, 3.8) is 0 Å². The lowest BCUT2D eigenvalue weighted by molar-refractivity contribution is 0.0161. The highest BCUT2D eigenvalue weighted by Gasteiger charge is 2.35. The number of pyridine rings is 1. The van der Waals surface area contributed by atoms with Crippen molar-refractivity contribution in [1.82, 2.24) is 19.5 Å². The van der Waals surface area contributed by atoms with E-state index < -0.39 is 0 Å². The molecule has 2 aromatic heterocycles. The SMILES string of the molecule is CCCc1nnsc1C(=O)N1CC(Oc2ncccc2C#N)C1. The smallest absolute Gasteiger partial charge is 0.267 e. The predicted octanol–water partition coefficient (Wildman–Crippen LogP) is 1.66. The van der Waals surface area contributed by atoms with E-state index in [2.05, 4.69) is 14.6 Å². The molecule has 2 aromatic rings. The van der Waals surface area contributed by atoms with Crippen LogP contribution in [0.4, 0.5) is 0 Å². The molecule has 0 aliphatic carbocycles. The zero-order valence-corrected chi connectivity index (χ0v) is 13.4. The van der Waals surface area contributed by atoms with Gasteiger partial charge in [0.25, 0.3) is 5.91 Å². The first kappa shape index (κ1) is 15.4. The largest absolute Gasteiger partial charge is 0.470 e. The van der Waals surface area contributed by atoms with Crippen LogP contribution in [0.3, 0.4) is 0 Å². The van der Waals surface area contributed by atoms with Crippen LogP contribution in [-0.2, 0) is 6.42 Å². The molecule has 0 unspecified atom stereocenters. The number of nitrogens with zero attached hydrogens (tertiary/aromatic N) is 5. The third-order valence-electron chi connectivity index (χ3n) is 3.54. The lowest BCUT2D eigenvalue weighted by Gasteiger charge is -2.38. The first-order valence-corrected chi connectivity index (χ1v) is 8.12. The van der Waals surface area contributed by atoms with Crippen LogP contribution in [0, 0.1) is 11.3 Å². The fourth-order valence-electron chi connectivity index (χ4n) is 2.32. The van der Waals surface area contributed by atoms with Crippen molar-refractivity contribution in [1.29, 1.82) is 5.26 Å². The Morgan fingerprint density at radius 2 is 2.39 bits per heavy atom. The number of aromatic nitrogens is 3. The fourth-order valence-corrected chi connectivity index (χ4v) is 3.00. The molecule has 3 heterocycles. The number of aryl methyl sites for hydroxylation is 1. The maximum Gasteiger partial charge on any atom is 0.267 e. The number of amides is 1. The van der Waals surface area contributed by atoms with Gasteiger partial charge in [-0.2, -0.15) is 5.26 Å². The van der Waals surface area contributed by atoms with Gasteiger partial charge >= 0.3 is 0 Å². The maximum atomic E-state index is 12.4. The zero-order chi connectivity index (χ0) is 16.2. The highest BCUT2D eigenvalue weighted by molar-refractivity contribution is 7.08. The van der Waals surface area contributed by atoms with Crippen molar-refractivity contribution in [3.05, 3.63) is 34.5 Å². The summed E-state index contributed by atoms with van der Waals surface area (Å²) in [5.41, 5.74) is 1.16. The van der Waals surface area contributed by atoms with Crippen LogP contribution in [0.2, 0.25) is 0 Å². The summed E-state index contributed by atoms with van der Waals surface area (Å²) in [5, 5.41) is 13.0. The Balaban J connectivity index is 1.60. The van der Waals surface area contributed by atoms with E-state index in [-0.39, 0.29) is 12.0 Å². The number of nitriles is 1. The predicted molar refractivity (Wildman–Crippen MR) is 83.2 cm³/mol. The number of hydrogen-bond acceptors (Lipinski definition) is 7. The fraction of sp³-hybridized carbons (Fsp3) is 0.400. The molecular formula is C15H15N5O2S. The molecule has 1 fully saturated rings. The monoisotopic (exact) mass is 329 g/mol. The second-order valence-electron chi connectivity index (χ2n) is 5.22. The van der Waals surface area contributed by atoms with Gasteiger partial charge in [0.15, 0.2) is 0 Å². The van der Waals surface area contributed by atoms with E-state index in [1.165, 1.54) is 0 Å². The molecule has 7 nitrogen and oxygen atoms in total.